The highest BCUT2D eigenvalue weighted by Gasteiger charge is 2.18. The predicted molar refractivity (Wildman–Crippen MR) is 86.2 cm³/mol. The van der Waals surface area contributed by atoms with Gasteiger partial charge in [-0.25, -0.2) is 0 Å². The van der Waals surface area contributed by atoms with E-state index in [4.69, 9.17) is 11.6 Å². The molecule has 0 bridgehead atoms. The van der Waals surface area contributed by atoms with E-state index in [9.17, 15) is 4.79 Å². The zero-order valence-electron chi connectivity index (χ0n) is 11.2. The van der Waals surface area contributed by atoms with Crippen molar-refractivity contribution in [1.29, 1.82) is 0 Å². The lowest BCUT2D eigenvalue weighted by Crippen LogP contribution is -2.01. The zero-order chi connectivity index (χ0) is 14.3. The fraction of sp³-hybridized carbons (Fsp3) is 0.118. The minimum atomic E-state index is 0.00398. The largest absolute Gasteiger partial charge is 0.288 e. The fourth-order valence-electron chi connectivity index (χ4n) is 2.35. The Morgan fingerprint density at radius 3 is 2.35 bits per heavy atom. The highest BCUT2D eigenvalue weighted by Crippen LogP contribution is 2.32. The van der Waals surface area contributed by atoms with E-state index in [1.165, 1.54) is 16.9 Å². The Labute approximate surface area is 126 Å². The van der Waals surface area contributed by atoms with Crippen LogP contribution in [0, 0.1) is 13.8 Å². The van der Waals surface area contributed by atoms with Gasteiger partial charge < -0.3 is 0 Å². The van der Waals surface area contributed by atoms with Gasteiger partial charge >= 0.3 is 0 Å². The first kappa shape index (κ1) is 13.3. The molecule has 100 valence electrons. The van der Waals surface area contributed by atoms with Crippen LogP contribution in [0.3, 0.4) is 0 Å². The van der Waals surface area contributed by atoms with E-state index in [0.717, 1.165) is 21.9 Å². The lowest BCUT2D eigenvalue weighted by molar-refractivity contribution is 0.104. The van der Waals surface area contributed by atoms with Gasteiger partial charge in [0, 0.05) is 5.56 Å². The van der Waals surface area contributed by atoms with E-state index in [2.05, 4.69) is 6.92 Å². The molecule has 1 heterocycles. The van der Waals surface area contributed by atoms with Crippen LogP contribution in [0.15, 0.2) is 41.8 Å². The Hall–Kier alpha value is -1.64. The average molecular weight is 301 g/mol. The molecular formula is C17H13ClOS. The number of halogens is 1. The molecule has 0 aliphatic carbocycles. The van der Waals surface area contributed by atoms with Crippen LogP contribution in [-0.4, -0.2) is 5.78 Å². The summed E-state index contributed by atoms with van der Waals surface area (Å²) in [6, 6.07) is 11.9. The van der Waals surface area contributed by atoms with Gasteiger partial charge in [-0.3, -0.25) is 4.79 Å². The van der Waals surface area contributed by atoms with Crippen molar-refractivity contribution < 1.29 is 4.79 Å². The summed E-state index contributed by atoms with van der Waals surface area (Å²) in [7, 11) is 0. The maximum Gasteiger partial charge on any atom is 0.205 e. The molecule has 0 saturated heterocycles. The van der Waals surface area contributed by atoms with Gasteiger partial charge in [-0.2, -0.15) is 0 Å². The molecule has 0 atom stereocenters. The van der Waals surface area contributed by atoms with Crippen LogP contribution in [0.1, 0.15) is 26.4 Å². The summed E-state index contributed by atoms with van der Waals surface area (Å²) in [6.45, 7) is 3.97. The summed E-state index contributed by atoms with van der Waals surface area (Å²) in [5, 5.41) is 4.60. The predicted octanol–water partition coefficient (Wildman–Crippen LogP) is 5.40. The molecule has 0 saturated carbocycles. The van der Waals surface area contributed by atoms with Crippen molar-refractivity contribution >= 4 is 39.5 Å². The Kier molecular flexibility index (Phi) is 3.36. The minimum Gasteiger partial charge on any atom is -0.288 e. The van der Waals surface area contributed by atoms with Gasteiger partial charge in [0.2, 0.25) is 5.78 Å². The van der Waals surface area contributed by atoms with Gasteiger partial charge in [-0.05, 0) is 41.1 Å². The normalized spacial score (nSPS) is 10.9. The van der Waals surface area contributed by atoms with Crippen molar-refractivity contribution in [2.45, 2.75) is 13.8 Å². The minimum absolute atomic E-state index is 0.00398. The number of hydrogen-bond acceptors (Lipinski definition) is 2. The van der Waals surface area contributed by atoms with Gasteiger partial charge in [0.1, 0.15) is 0 Å². The van der Waals surface area contributed by atoms with Gasteiger partial charge in [0.15, 0.2) is 0 Å². The number of thiophene rings is 1. The number of carbonyl (C=O) groups is 1. The van der Waals surface area contributed by atoms with Crippen LogP contribution in [0.4, 0.5) is 0 Å². The number of hydrogen-bond donors (Lipinski definition) is 0. The smallest absolute Gasteiger partial charge is 0.205 e. The standard InChI is InChI=1S/C17H13ClOS/c1-10-7-8-14(13-6-4-3-5-12(10)13)16(19)17-15(18)11(2)9-20-17/h3-9H,1-2H3. The molecule has 3 rings (SSSR count). The molecule has 0 radical (unpaired) electrons. The molecule has 0 spiro atoms. The third-order valence-corrected chi connectivity index (χ3v) is 5.19. The van der Waals surface area contributed by atoms with Crippen molar-refractivity contribution in [1.82, 2.24) is 0 Å². The van der Waals surface area contributed by atoms with E-state index in [0.29, 0.717) is 9.90 Å². The molecule has 1 nitrogen and oxygen atoms in total. The van der Waals surface area contributed by atoms with Crippen molar-refractivity contribution in [3.05, 3.63) is 68.4 Å². The first-order chi connectivity index (χ1) is 9.59. The van der Waals surface area contributed by atoms with Gasteiger partial charge in [-0.15, -0.1) is 11.3 Å². The van der Waals surface area contributed by atoms with E-state index >= 15 is 0 Å². The first-order valence-electron chi connectivity index (χ1n) is 6.36. The second-order valence-corrected chi connectivity index (χ2v) is 6.12. The number of carbonyl (C=O) groups excluding carboxylic acids is 1. The second-order valence-electron chi connectivity index (χ2n) is 4.87. The molecule has 0 aliphatic heterocycles. The fourth-order valence-corrected chi connectivity index (χ4v) is 3.59. The van der Waals surface area contributed by atoms with Crippen molar-refractivity contribution in [2.75, 3.05) is 0 Å². The van der Waals surface area contributed by atoms with Crippen molar-refractivity contribution in [3.63, 3.8) is 0 Å². The summed E-state index contributed by atoms with van der Waals surface area (Å²) in [6.07, 6.45) is 0. The summed E-state index contributed by atoms with van der Waals surface area (Å²) in [5.41, 5.74) is 2.84. The summed E-state index contributed by atoms with van der Waals surface area (Å²) in [4.78, 5) is 13.4. The summed E-state index contributed by atoms with van der Waals surface area (Å²) >= 11 is 7.64. The lowest BCUT2D eigenvalue weighted by Gasteiger charge is -2.07. The Morgan fingerprint density at radius 2 is 1.70 bits per heavy atom. The molecule has 0 unspecified atom stereocenters. The third kappa shape index (κ3) is 2.05. The van der Waals surface area contributed by atoms with Gasteiger partial charge in [0.25, 0.3) is 0 Å². The van der Waals surface area contributed by atoms with E-state index in [-0.39, 0.29) is 5.78 Å². The molecule has 2 aromatic carbocycles. The second kappa shape index (κ2) is 5.04. The molecule has 0 fully saturated rings. The molecule has 3 aromatic rings. The summed E-state index contributed by atoms with van der Waals surface area (Å²) in [5.74, 6) is 0.00398. The Bertz CT molecular complexity index is 817. The van der Waals surface area contributed by atoms with Crippen molar-refractivity contribution in [3.8, 4) is 0 Å². The maximum atomic E-state index is 12.7. The van der Waals surface area contributed by atoms with E-state index in [1.54, 1.807) is 0 Å². The number of rotatable bonds is 2. The highest BCUT2D eigenvalue weighted by molar-refractivity contribution is 7.13. The third-order valence-electron chi connectivity index (χ3n) is 3.49. The van der Waals surface area contributed by atoms with Crippen LogP contribution in [0.5, 0.6) is 0 Å². The van der Waals surface area contributed by atoms with Gasteiger partial charge in [0.05, 0.1) is 9.90 Å². The molecule has 20 heavy (non-hydrogen) atoms. The molecule has 0 N–H and O–H groups in total. The van der Waals surface area contributed by atoms with Gasteiger partial charge in [-0.1, -0.05) is 48.0 Å². The maximum absolute atomic E-state index is 12.7. The highest BCUT2D eigenvalue weighted by atomic mass is 35.5. The zero-order valence-corrected chi connectivity index (χ0v) is 12.8. The van der Waals surface area contributed by atoms with Crippen LogP contribution in [0.2, 0.25) is 5.02 Å². The molecule has 0 amide bonds. The topological polar surface area (TPSA) is 17.1 Å². The molecule has 0 aliphatic rings. The number of aryl methyl sites for hydroxylation is 2. The van der Waals surface area contributed by atoms with E-state index < -0.39 is 0 Å². The molecule has 1 aromatic heterocycles. The Morgan fingerprint density at radius 1 is 1.00 bits per heavy atom. The number of ketones is 1. The first-order valence-corrected chi connectivity index (χ1v) is 7.62. The number of benzene rings is 2. The quantitative estimate of drug-likeness (QED) is 0.579. The van der Waals surface area contributed by atoms with Crippen LogP contribution in [0.25, 0.3) is 10.8 Å². The van der Waals surface area contributed by atoms with Crippen LogP contribution < -0.4 is 0 Å². The monoisotopic (exact) mass is 300 g/mol. The Balaban J connectivity index is 2.23. The summed E-state index contributed by atoms with van der Waals surface area (Å²) < 4.78 is 0. The van der Waals surface area contributed by atoms with Crippen molar-refractivity contribution in [2.24, 2.45) is 0 Å². The van der Waals surface area contributed by atoms with E-state index in [1.807, 2.05) is 48.7 Å². The lowest BCUT2D eigenvalue weighted by atomic mass is 9.97. The average Bonchev–Trinajstić information content (AvgIpc) is 2.79. The number of fused-ring (bicyclic) bond motifs is 1. The molecular weight excluding hydrogens is 288 g/mol. The van der Waals surface area contributed by atoms with Crippen LogP contribution >= 0.6 is 22.9 Å². The SMILES string of the molecule is Cc1csc(C(=O)c2ccc(C)c3ccccc23)c1Cl. The van der Waals surface area contributed by atoms with Crippen LogP contribution in [-0.2, 0) is 0 Å². The molecule has 3 heteroatoms.